The molecule has 1 amide bonds. The number of hydrogen-bond acceptors (Lipinski definition) is 5. The van der Waals surface area contributed by atoms with Crippen LogP contribution in [0.4, 0.5) is 4.39 Å². The Labute approximate surface area is 182 Å². The first-order valence-electron chi connectivity index (χ1n) is 10.1. The molecule has 2 aromatic rings. The van der Waals surface area contributed by atoms with Crippen LogP contribution in [0.2, 0.25) is 5.02 Å². The number of rotatable bonds is 6. The van der Waals surface area contributed by atoms with Crippen molar-refractivity contribution in [2.75, 3.05) is 19.7 Å². The van der Waals surface area contributed by atoms with E-state index in [9.17, 15) is 29.0 Å². The molecule has 164 valence electrons. The standard InChI is InChI=1S/C22H22ClFN2O5/c1-2-25-11-22(8-13(22)10-27)26-9-14(19(29)20(30)18(26)21(25)31)16(28)7-6-12-4-3-5-15(23)17(12)24/h3-5,9,13,27,30H,2,6-8,10-11H2,1H3/t13-,22-/m1/s1. The van der Waals surface area contributed by atoms with Gasteiger partial charge < -0.3 is 19.7 Å². The van der Waals surface area contributed by atoms with Crippen molar-refractivity contribution in [3.8, 4) is 5.75 Å². The Morgan fingerprint density at radius 3 is 2.74 bits per heavy atom. The molecule has 1 aliphatic heterocycles. The number of aliphatic hydroxyl groups excluding tert-OH is 1. The summed E-state index contributed by atoms with van der Waals surface area (Å²) in [5, 5.41) is 20.2. The lowest BCUT2D eigenvalue weighted by atomic mass is 10.00. The zero-order chi connectivity index (χ0) is 22.5. The number of pyridine rings is 1. The molecule has 1 fully saturated rings. The van der Waals surface area contributed by atoms with Crippen molar-refractivity contribution in [2.45, 2.75) is 31.7 Å². The number of Topliss-reactive ketones (excluding diaryl/α,β-unsaturated/α-hetero) is 1. The summed E-state index contributed by atoms with van der Waals surface area (Å²) in [6.45, 7) is 2.39. The van der Waals surface area contributed by atoms with Crippen LogP contribution in [0.1, 0.15) is 46.2 Å². The third kappa shape index (κ3) is 3.34. The molecule has 2 heterocycles. The highest BCUT2D eigenvalue weighted by molar-refractivity contribution is 6.30. The van der Waals surface area contributed by atoms with Crippen LogP contribution in [0.15, 0.2) is 29.2 Å². The molecule has 1 aromatic carbocycles. The number of halogens is 2. The van der Waals surface area contributed by atoms with Gasteiger partial charge in [-0.15, -0.1) is 0 Å². The van der Waals surface area contributed by atoms with Crippen LogP contribution in [0.3, 0.4) is 0 Å². The van der Waals surface area contributed by atoms with Gasteiger partial charge in [-0.25, -0.2) is 4.39 Å². The highest BCUT2D eigenvalue weighted by atomic mass is 35.5. The van der Waals surface area contributed by atoms with Gasteiger partial charge >= 0.3 is 0 Å². The fourth-order valence-electron chi connectivity index (χ4n) is 4.45. The summed E-state index contributed by atoms with van der Waals surface area (Å²) < 4.78 is 15.6. The molecule has 0 unspecified atom stereocenters. The van der Waals surface area contributed by atoms with Crippen molar-refractivity contribution in [2.24, 2.45) is 5.92 Å². The minimum Gasteiger partial charge on any atom is -0.503 e. The number of hydrogen-bond donors (Lipinski definition) is 2. The summed E-state index contributed by atoms with van der Waals surface area (Å²) >= 11 is 5.77. The van der Waals surface area contributed by atoms with Gasteiger partial charge in [0.25, 0.3) is 5.91 Å². The van der Waals surface area contributed by atoms with E-state index in [1.807, 2.05) is 0 Å². The summed E-state index contributed by atoms with van der Waals surface area (Å²) in [6.07, 6.45) is 1.73. The molecule has 2 atom stereocenters. The Hall–Kier alpha value is -2.71. The minimum atomic E-state index is -0.925. The van der Waals surface area contributed by atoms with Gasteiger partial charge in [0.05, 0.1) is 16.1 Å². The number of fused-ring (bicyclic) bond motifs is 2. The van der Waals surface area contributed by atoms with Crippen LogP contribution in [0.5, 0.6) is 5.75 Å². The molecule has 2 N–H and O–H groups in total. The molecule has 0 radical (unpaired) electrons. The number of nitrogens with zero attached hydrogens (tertiary/aromatic N) is 2. The molecule has 1 spiro atoms. The van der Waals surface area contributed by atoms with Crippen LogP contribution in [0, 0.1) is 11.7 Å². The first-order chi connectivity index (χ1) is 14.7. The molecular weight excluding hydrogens is 427 g/mol. The normalized spacial score (nSPS) is 22.0. The topological polar surface area (TPSA) is 99.8 Å². The number of aryl methyl sites for hydroxylation is 1. The number of aliphatic hydroxyl groups is 1. The van der Waals surface area contributed by atoms with Crippen LogP contribution >= 0.6 is 11.6 Å². The van der Waals surface area contributed by atoms with Gasteiger partial charge in [-0.2, -0.15) is 0 Å². The molecule has 4 rings (SSSR count). The van der Waals surface area contributed by atoms with Gasteiger partial charge in [-0.05, 0) is 31.4 Å². The second-order valence-electron chi connectivity index (χ2n) is 8.08. The summed E-state index contributed by atoms with van der Waals surface area (Å²) in [7, 11) is 0. The van der Waals surface area contributed by atoms with E-state index in [1.165, 1.54) is 27.8 Å². The zero-order valence-corrected chi connectivity index (χ0v) is 17.7. The van der Waals surface area contributed by atoms with Crippen molar-refractivity contribution >= 4 is 23.3 Å². The van der Waals surface area contributed by atoms with Gasteiger partial charge in [0, 0.05) is 38.2 Å². The predicted molar refractivity (Wildman–Crippen MR) is 111 cm³/mol. The lowest BCUT2D eigenvalue weighted by molar-refractivity contribution is 0.0630. The van der Waals surface area contributed by atoms with Gasteiger partial charge in [0.1, 0.15) is 5.82 Å². The molecule has 0 bridgehead atoms. The fourth-order valence-corrected chi connectivity index (χ4v) is 4.65. The number of carbonyl (C=O) groups is 2. The quantitative estimate of drug-likeness (QED) is 0.661. The van der Waals surface area contributed by atoms with E-state index in [4.69, 9.17) is 11.6 Å². The third-order valence-corrected chi connectivity index (χ3v) is 6.66. The smallest absolute Gasteiger partial charge is 0.274 e. The predicted octanol–water partition coefficient (Wildman–Crippen LogP) is 2.35. The number of aromatic hydroxyl groups is 1. The van der Waals surface area contributed by atoms with Crippen LogP contribution in [-0.4, -0.2) is 51.1 Å². The highest BCUT2D eigenvalue weighted by Gasteiger charge is 2.60. The van der Waals surface area contributed by atoms with Crippen molar-refractivity contribution in [1.29, 1.82) is 0 Å². The van der Waals surface area contributed by atoms with E-state index in [2.05, 4.69) is 0 Å². The molecule has 2 aliphatic rings. The van der Waals surface area contributed by atoms with Crippen molar-refractivity contribution < 1.29 is 24.2 Å². The van der Waals surface area contributed by atoms with Gasteiger partial charge in [-0.3, -0.25) is 14.4 Å². The maximum atomic E-state index is 14.1. The summed E-state index contributed by atoms with van der Waals surface area (Å²) in [5.41, 5.74) is -1.76. The van der Waals surface area contributed by atoms with Crippen LogP contribution < -0.4 is 5.43 Å². The molecule has 31 heavy (non-hydrogen) atoms. The molecule has 9 heteroatoms. The van der Waals surface area contributed by atoms with E-state index in [-0.39, 0.29) is 47.2 Å². The number of benzene rings is 1. The van der Waals surface area contributed by atoms with E-state index in [0.717, 1.165) is 0 Å². The molecule has 0 saturated heterocycles. The minimum absolute atomic E-state index is 0.0279. The van der Waals surface area contributed by atoms with E-state index in [1.54, 1.807) is 13.0 Å². The number of amides is 1. The molecule has 7 nitrogen and oxygen atoms in total. The van der Waals surface area contributed by atoms with Gasteiger partial charge in [-0.1, -0.05) is 23.7 Å². The fraction of sp³-hybridized carbons (Fsp3) is 0.409. The summed E-state index contributed by atoms with van der Waals surface area (Å²) in [4.78, 5) is 39.9. The Bertz CT molecular complexity index is 1150. The second-order valence-corrected chi connectivity index (χ2v) is 8.49. The highest BCUT2D eigenvalue weighted by Crippen LogP contribution is 2.53. The molecule has 1 aliphatic carbocycles. The average Bonchev–Trinajstić information content (AvgIpc) is 3.47. The van der Waals surface area contributed by atoms with Crippen molar-refractivity contribution in [3.63, 3.8) is 0 Å². The van der Waals surface area contributed by atoms with Gasteiger partial charge in [0.15, 0.2) is 17.2 Å². The molecule has 1 aromatic heterocycles. The van der Waals surface area contributed by atoms with Crippen LogP contribution in [-0.2, 0) is 12.0 Å². The summed E-state index contributed by atoms with van der Waals surface area (Å²) in [5.74, 6) is -2.61. The van der Waals surface area contributed by atoms with Crippen molar-refractivity contribution in [3.05, 3.63) is 62.3 Å². The Balaban J connectivity index is 1.72. The average molecular weight is 449 g/mol. The Morgan fingerprint density at radius 1 is 1.35 bits per heavy atom. The molecular formula is C22H22ClFN2O5. The maximum Gasteiger partial charge on any atom is 0.274 e. The molecule has 1 saturated carbocycles. The van der Waals surface area contributed by atoms with Crippen LogP contribution in [0.25, 0.3) is 0 Å². The largest absolute Gasteiger partial charge is 0.503 e. The van der Waals surface area contributed by atoms with Gasteiger partial charge in [0.2, 0.25) is 5.43 Å². The first-order valence-corrected chi connectivity index (χ1v) is 10.5. The van der Waals surface area contributed by atoms with E-state index in [0.29, 0.717) is 19.5 Å². The maximum absolute atomic E-state index is 14.1. The number of ketones is 1. The second kappa shape index (κ2) is 7.76. The van der Waals surface area contributed by atoms with Crippen molar-refractivity contribution in [1.82, 2.24) is 9.47 Å². The number of carbonyl (C=O) groups excluding carboxylic acids is 2. The Kier molecular flexibility index (Phi) is 5.39. The lowest BCUT2D eigenvalue weighted by Gasteiger charge is -2.37. The lowest BCUT2D eigenvalue weighted by Crippen LogP contribution is -2.49. The Morgan fingerprint density at radius 2 is 2.10 bits per heavy atom. The third-order valence-electron chi connectivity index (χ3n) is 6.37. The SMILES string of the molecule is CCN1C[C@@]2(C[C@@H]2CO)n2cc(C(=O)CCc3cccc(Cl)c3F)c(=O)c(O)c2C1=O. The summed E-state index contributed by atoms with van der Waals surface area (Å²) in [6, 6.07) is 4.48. The van der Waals surface area contributed by atoms with E-state index >= 15 is 0 Å². The zero-order valence-electron chi connectivity index (χ0n) is 16.9. The first kappa shape index (κ1) is 21.5. The van der Waals surface area contributed by atoms with E-state index < -0.39 is 34.2 Å². The monoisotopic (exact) mass is 448 g/mol. The number of aromatic nitrogens is 1. The number of likely N-dealkylation sites (N-methyl/N-ethyl adjacent to an activating group) is 1.